The van der Waals surface area contributed by atoms with Crippen molar-refractivity contribution >= 4 is 19.2 Å². The van der Waals surface area contributed by atoms with Crippen molar-refractivity contribution in [2.45, 2.75) is 50.1 Å². The highest BCUT2D eigenvalue weighted by Crippen LogP contribution is 2.38. The molecule has 0 aliphatic heterocycles. The van der Waals surface area contributed by atoms with Gasteiger partial charge in [-0.3, -0.25) is 0 Å². The second-order valence-electron chi connectivity index (χ2n) is 4.94. The van der Waals surface area contributed by atoms with Crippen molar-refractivity contribution in [1.29, 1.82) is 0 Å². The van der Waals surface area contributed by atoms with Crippen LogP contribution in [0, 0.1) is 0 Å². The van der Waals surface area contributed by atoms with E-state index >= 15 is 0 Å². The van der Waals surface area contributed by atoms with Crippen LogP contribution >= 0.6 is 11.1 Å². The molecule has 1 aliphatic carbocycles. The maximum absolute atomic E-state index is 6.63. The summed E-state index contributed by atoms with van der Waals surface area (Å²) < 4.78 is 0. The van der Waals surface area contributed by atoms with Gasteiger partial charge < -0.3 is 0 Å². The van der Waals surface area contributed by atoms with Crippen LogP contribution < -0.4 is 0 Å². The third-order valence-corrected chi connectivity index (χ3v) is 7.52. The topological polar surface area (TPSA) is 0 Å². The molecule has 1 aromatic carbocycles. The van der Waals surface area contributed by atoms with Crippen molar-refractivity contribution in [1.82, 2.24) is 0 Å². The molecule has 87 valence electrons. The molecule has 0 bridgehead atoms. The van der Waals surface area contributed by atoms with Crippen molar-refractivity contribution in [3.63, 3.8) is 0 Å². The lowest BCUT2D eigenvalue weighted by Crippen LogP contribution is -2.14. The Morgan fingerprint density at radius 3 is 2.50 bits per heavy atom. The maximum atomic E-state index is 6.63. The number of rotatable bonds is 4. The number of hydrogen-bond acceptors (Lipinski definition) is 0. The molecule has 0 N–H and O–H groups in total. The summed E-state index contributed by atoms with van der Waals surface area (Å²) in [5, 5.41) is 0. The van der Waals surface area contributed by atoms with E-state index in [0.717, 1.165) is 5.54 Å². The Morgan fingerprint density at radius 1 is 1.25 bits per heavy atom. The predicted octanol–water partition coefficient (Wildman–Crippen LogP) is 4.96. The molecule has 1 unspecified atom stereocenters. The van der Waals surface area contributed by atoms with Crippen LogP contribution in [-0.2, 0) is 0 Å². The van der Waals surface area contributed by atoms with Gasteiger partial charge in [0.1, 0.15) is 0 Å². The van der Waals surface area contributed by atoms with E-state index in [1.807, 2.05) is 0 Å². The van der Waals surface area contributed by atoms with E-state index in [1.165, 1.54) is 37.3 Å². The average Bonchev–Trinajstić information content (AvgIpc) is 2.83. The van der Waals surface area contributed by atoms with Crippen molar-refractivity contribution in [2.75, 3.05) is 0 Å². The molecule has 0 spiro atoms. The molecule has 0 amide bonds. The molecule has 1 atom stereocenters. The van der Waals surface area contributed by atoms with Crippen LogP contribution in [0.3, 0.4) is 0 Å². The minimum absolute atomic E-state index is 0.633. The van der Waals surface area contributed by atoms with Gasteiger partial charge in [-0.15, -0.1) is 0 Å². The molecule has 2 rings (SSSR count). The molecule has 1 aliphatic rings. The van der Waals surface area contributed by atoms with Crippen LogP contribution in [0.25, 0.3) is 0 Å². The Hall–Kier alpha value is -0.273. The molecule has 16 heavy (non-hydrogen) atoms. The maximum Gasteiger partial charge on any atom is 0.169 e. The first kappa shape index (κ1) is 12.2. The molecular formula is C14H20ClSi. The lowest BCUT2D eigenvalue weighted by molar-refractivity contribution is 0.808. The Balaban J connectivity index is 1.89. The first-order chi connectivity index (χ1) is 7.77. The van der Waals surface area contributed by atoms with E-state index in [0.29, 0.717) is 5.92 Å². The van der Waals surface area contributed by atoms with Crippen LogP contribution in [0.2, 0.25) is 11.6 Å². The summed E-state index contributed by atoms with van der Waals surface area (Å²) in [6, 6.07) is 12.0. The Labute approximate surface area is 105 Å². The van der Waals surface area contributed by atoms with Crippen LogP contribution in [0.5, 0.6) is 0 Å². The number of benzene rings is 1. The minimum Gasteiger partial charge on any atom is -0.169 e. The summed E-state index contributed by atoms with van der Waals surface area (Å²) in [6.07, 6.45) is 5.59. The predicted molar refractivity (Wildman–Crippen MR) is 73.5 cm³/mol. The zero-order chi connectivity index (χ0) is 11.4. The fourth-order valence-electron chi connectivity index (χ4n) is 2.60. The molecule has 1 saturated carbocycles. The monoisotopic (exact) mass is 251 g/mol. The summed E-state index contributed by atoms with van der Waals surface area (Å²) >= 11 is 6.63. The van der Waals surface area contributed by atoms with Gasteiger partial charge in [0.2, 0.25) is 0 Å². The second kappa shape index (κ2) is 5.88. The van der Waals surface area contributed by atoms with E-state index in [1.54, 1.807) is 0 Å². The SMILES string of the molecule is CC(C[Si](Cl)C1CCCC1)c1ccccc1. The lowest BCUT2D eigenvalue weighted by atomic mass is 10.0. The summed E-state index contributed by atoms with van der Waals surface area (Å²) in [4.78, 5) is 0. The standard InChI is InChI=1S/C14H20ClSi/c1-12(13-7-3-2-4-8-13)11-16(15)14-9-5-6-10-14/h2-4,7-8,12,14H,5-6,9-11H2,1H3. The zero-order valence-electron chi connectivity index (χ0n) is 9.95. The quantitative estimate of drug-likeness (QED) is 0.524. The van der Waals surface area contributed by atoms with Gasteiger partial charge in [-0.25, -0.2) is 0 Å². The van der Waals surface area contributed by atoms with Gasteiger partial charge in [0.25, 0.3) is 0 Å². The summed E-state index contributed by atoms with van der Waals surface area (Å²) in [6.45, 7) is 2.32. The minimum atomic E-state index is -0.641. The van der Waals surface area contributed by atoms with Crippen molar-refractivity contribution in [3.05, 3.63) is 35.9 Å². The molecular weight excluding hydrogens is 232 g/mol. The summed E-state index contributed by atoms with van der Waals surface area (Å²) in [5.74, 6) is 0.633. The van der Waals surface area contributed by atoms with Crippen molar-refractivity contribution < 1.29 is 0 Å². The Kier molecular flexibility index (Phi) is 4.48. The normalized spacial score (nSPS) is 19.2. The highest BCUT2D eigenvalue weighted by Gasteiger charge is 2.27. The van der Waals surface area contributed by atoms with Crippen LogP contribution in [0.15, 0.2) is 30.3 Å². The highest BCUT2D eigenvalue weighted by atomic mass is 35.6. The molecule has 0 aromatic heterocycles. The van der Waals surface area contributed by atoms with Gasteiger partial charge in [-0.05, 0) is 23.1 Å². The van der Waals surface area contributed by atoms with Gasteiger partial charge in [0, 0.05) is 0 Å². The smallest absolute Gasteiger partial charge is 0.169 e. The second-order valence-corrected chi connectivity index (χ2v) is 8.52. The van der Waals surface area contributed by atoms with Crippen molar-refractivity contribution in [2.24, 2.45) is 0 Å². The van der Waals surface area contributed by atoms with Crippen LogP contribution in [0.1, 0.15) is 44.1 Å². The first-order valence-corrected chi connectivity index (χ1v) is 9.13. The largest absolute Gasteiger partial charge is 0.169 e. The van der Waals surface area contributed by atoms with Gasteiger partial charge in [0.15, 0.2) is 8.11 Å². The molecule has 2 heteroatoms. The summed E-state index contributed by atoms with van der Waals surface area (Å²) in [7, 11) is -0.641. The average molecular weight is 252 g/mol. The highest BCUT2D eigenvalue weighted by molar-refractivity contribution is 7.07. The van der Waals surface area contributed by atoms with Gasteiger partial charge in [-0.2, -0.15) is 11.1 Å². The molecule has 1 aromatic rings. The molecule has 1 radical (unpaired) electrons. The van der Waals surface area contributed by atoms with E-state index in [9.17, 15) is 0 Å². The van der Waals surface area contributed by atoms with E-state index < -0.39 is 8.11 Å². The van der Waals surface area contributed by atoms with E-state index in [4.69, 9.17) is 11.1 Å². The van der Waals surface area contributed by atoms with Crippen LogP contribution in [-0.4, -0.2) is 8.11 Å². The van der Waals surface area contributed by atoms with Gasteiger partial charge in [0.05, 0.1) is 0 Å². The van der Waals surface area contributed by atoms with Gasteiger partial charge >= 0.3 is 0 Å². The molecule has 0 saturated heterocycles. The fourth-order valence-corrected chi connectivity index (χ4v) is 6.14. The summed E-state index contributed by atoms with van der Waals surface area (Å²) in [5.41, 5.74) is 2.32. The molecule has 0 nitrogen and oxygen atoms in total. The third kappa shape index (κ3) is 3.11. The molecule has 1 fully saturated rings. The Bertz CT molecular complexity index is 306. The van der Waals surface area contributed by atoms with E-state index in [-0.39, 0.29) is 0 Å². The van der Waals surface area contributed by atoms with Gasteiger partial charge in [-0.1, -0.05) is 62.9 Å². The third-order valence-electron chi connectivity index (χ3n) is 3.67. The lowest BCUT2D eigenvalue weighted by Gasteiger charge is -2.19. The zero-order valence-corrected chi connectivity index (χ0v) is 11.7. The van der Waals surface area contributed by atoms with Crippen molar-refractivity contribution in [3.8, 4) is 0 Å². The number of halogens is 1. The van der Waals surface area contributed by atoms with Crippen LogP contribution in [0.4, 0.5) is 0 Å². The Morgan fingerprint density at radius 2 is 1.88 bits per heavy atom. The first-order valence-electron chi connectivity index (χ1n) is 6.33. The molecule has 0 heterocycles. The number of hydrogen-bond donors (Lipinski definition) is 0. The fraction of sp³-hybridized carbons (Fsp3) is 0.571. The van der Waals surface area contributed by atoms with E-state index in [2.05, 4.69) is 37.3 Å².